The van der Waals surface area contributed by atoms with Gasteiger partial charge in [0.25, 0.3) is 0 Å². The minimum Gasteiger partial charge on any atom is -0.370 e. The number of ketones is 2. The van der Waals surface area contributed by atoms with E-state index in [1.165, 1.54) is 0 Å². The van der Waals surface area contributed by atoms with E-state index < -0.39 is 24.0 Å². The van der Waals surface area contributed by atoms with Gasteiger partial charge in [-0.3, -0.25) is 14.4 Å². The van der Waals surface area contributed by atoms with Crippen LogP contribution >= 0.6 is 0 Å². The number of carbonyl (C=O) groups excluding carboxylic acids is 3. The molecule has 1 amide bonds. The van der Waals surface area contributed by atoms with Gasteiger partial charge in [-0.1, -0.05) is 30.3 Å². The van der Waals surface area contributed by atoms with Crippen molar-refractivity contribution in [1.82, 2.24) is 5.32 Å². The third kappa shape index (κ3) is 2.95. The van der Waals surface area contributed by atoms with Gasteiger partial charge in [0.1, 0.15) is 6.10 Å². The first-order valence-electron chi connectivity index (χ1n) is 7.70. The summed E-state index contributed by atoms with van der Waals surface area (Å²) in [4.78, 5) is 36.7. The SMILES string of the molecule is O=C1NC(CCc2ccccc2)C(=O)C1C(=O)C1CCCO1. The lowest BCUT2D eigenvalue weighted by Gasteiger charge is -2.11. The van der Waals surface area contributed by atoms with E-state index in [0.29, 0.717) is 25.9 Å². The molecule has 3 rings (SSSR count). The first-order valence-corrected chi connectivity index (χ1v) is 7.70. The highest BCUT2D eigenvalue weighted by molar-refractivity contribution is 6.25. The zero-order chi connectivity index (χ0) is 15.5. The van der Waals surface area contributed by atoms with E-state index in [9.17, 15) is 14.4 Å². The molecule has 116 valence electrons. The average Bonchev–Trinajstić information content (AvgIpc) is 3.15. The smallest absolute Gasteiger partial charge is 0.238 e. The molecule has 3 atom stereocenters. The first kappa shape index (κ1) is 14.9. The summed E-state index contributed by atoms with van der Waals surface area (Å²) in [7, 11) is 0. The Kier molecular flexibility index (Phi) is 4.34. The monoisotopic (exact) mass is 301 g/mol. The van der Waals surface area contributed by atoms with Crippen LogP contribution in [0, 0.1) is 5.92 Å². The predicted octanol–water partition coefficient (Wildman–Crippen LogP) is 1.05. The highest BCUT2D eigenvalue weighted by atomic mass is 16.5. The Labute approximate surface area is 129 Å². The zero-order valence-corrected chi connectivity index (χ0v) is 12.3. The molecule has 5 nitrogen and oxygen atoms in total. The molecule has 3 unspecified atom stereocenters. The van der Waals surface area contributed by atoms with E-state index in [2.05, 4.69) is 5.32 Å². The fraction of sp³-hybridized carbons (Fsp3) is 0.471. The number of ether oxygens (including phenoxy) is 1. The summed E-state index contributed by atoms with van der Waals surface area (Å²) in [6.07, 6.45) is 2.02. The number of hydrogen-bond acceptors (Lipinski definition) is 4. The van der Waals surface area contributed by atoms with E-state index in [0.717, 1.165) is 12.0 Å². The normalized spacial score (nSPS) is 27.9. The Balaban J connectivity index is 1.62. The molecule has 0 aromatic heterocycles. The summed E-state index contributed by atoms with van der Waals surface area (Å²) >= 11 is 0. The van der Waals surface area contributed by atoms with E-state index >= 15 is 0 Å². The van der Waals surface area contributed by atoms with Crippen LogP contribution in [0.15, 0.2) is 30.3 Å². The Morgan fingerprint density at radius 1 is 1.23 bits per heavy atom. The second-order valence-electron chi connectivity index (χ2n) is 5.82. The van der Waals surface area contributed by atoms with E-state index in [1.807, 2.05) is 30.3 Å². The van der Waals surface area contributed by atoms with Gasteiger partial charge in [0.05, 0.1) is 6.04 Å². The molecule has 22 heavy (non-hydrogen) atoms. The molecule has 2 fully saturated rings. The summed E-state index contributed by atoms with van der Waals surface area (Å²) in [5, 5.41) is 2.66. The van der Waals surface area contributed by atoms with Gasteiger partial charge in [0, 0.05) is 6.61 Å². The molecule has 1 N–H and O–H groups in total. The van der Waals surface area contributed by atoms with Crippen molar-refractivity contribution in [3.63, 3.8) is 0 Å². The lowest BCUT2D eigenvalue weighted by atomic mass is 9.92. The number of Topliss-reactive ketones (excluding diaryl/α,β-unsaturated/α-hetero) is 2. The molecule has 1 aromatic rings. The van der Waals surface area contributed by atoms with Gasteiger partial charge >= 0.3 is 0 Å². The van der Waals surface area contributed by atoms with Crippen molar-refractivity contribution >= 4 is 17.5 Å². The molecule has 5 heteroatoms. The molecule has 0 bridgehead atoms. The van der Waals surface area contributed by atoms with Crippen molar-refractivity contribution in [3.05, 3.63) is 35.9 Å². The highest BCUT2D eigenvalue weighted by Gasteiger charge is 2.47. The predicted molar refractivity (Wildman–Crippen MR) is 79.2 cm³/mol. The van der Waals surface area contributed by atoms with Crippen LogP contribution in [0.2, 0.25) is 0 Å². The molecular formula is C17H19NO4. The van der Waals surface area contributed by atoms with Crippen LogP contribution < -0.4 is 5.32 Å². The van der Waals surface area contributed by atoms with Gasteiger partial charge in [0.15, 0.2) is 17.5 Å². The van der Waals surface area contributed by atoms with Gasteiger partial charge in [-0.2, -0.15) is 0 Å². The molecule has 0 aliphatic carbocycles. The van der Waals surface area contributed by atoms with Crippen LogP contribution in [-0.4, -0.2) is 36.2 Å². The average molecular weight is 301 g/mol. The Hall–Kier alpha value is -2.01. The zero-order valence-electron chi connectivity index (χ0n) is 12.3. The molecule has 0 spiro atoms. The van der Waals surface area contributed by atoms with Gasteiger partial charge < -0.3 is 10.1 Å². The topological polar surface area (TPSA) is 72.5 Å². The maximum Gasteiger partial charge on any atom is 0.238 e. The van der Waals surface area contributed by atoms with Gasteiger partial charge in [-0.15, -0.1) is 0 Å². The number of aryl methyl sites for hydroxylation is 1. The number of benzene rings is 1. The van der Waals surface area contributed by atoms with Crippen molar-refractivity contribution in [2.45, 2.75) is 37.8 Å². The molecule has 0 radical (unpaired) electrons. The molecule has 2 aliphatic heterocycles. The summed E-state index contributed by atoms with van der Waals surface area (Å²) in [5.41, 5.74) is 1.11. The lowest BCUT2D eigenvalue weighted by Crippen LogP contribution is -2.35. The molecular weight excluding hydrogens is 282 g/mol. The van der Waals surface area contributed by atoms with Crippen molar-refractivity contribution < 1.29 is 19.1 Å². The van der Waals surface area contributed by atoms with E-state index in [4.69, 9.17) is 4.74 Å². The molecule has 1 aromatic carbocycles. The summed E-state index contributed by atoms with van der Waals surface area (Å²) < 4.78 is 5.31. The molecule has 2 saturated heterocycles. The lowest BCUT2D eigenvalue weighted by molar-refractivity contribution is -0.141. The third-order valence-electron chi connectivity index (χ3n) is 4.30. The van der Waals surface area contributed by atoms with Crippen molar-refractivity contribution in [2.24, 2.45) is 5.92 Å². The molecule has 2 heterocycles. The fourth-order valence-corrected chi connectivity index (χ4v) is 3.08. The minimum atomic E-state index is -1.18. The van der Waals surface area contributed by atoms with Crippen LogP contribution in [0.25, 0.3) is 0 Å². The van der Waals surface area contributed by atoms with Gasteiger partial charge in [0.2, 0.25) is 5.91 Å². The Bertz CT molecular complexity index is 578. The van der Waals surface area contributed by atoms with Crippen molar-refractivity contribution in [1.29, 1.82) is 0 Å². The fourth-order valence-electron chi connectivity index (χ4n) is 3.08. The van der Waals surface area contributed by atoms with Crippen LogP contribution in [-0.2, 0) is 25.5 Å². The number of carbonyl (C=O) groups is 3. The second kappa shape index (κ2) is 6.40. The first-order chi connectivity index (χ1) is 10.7. The van der Waals surface area contributed by atoms with Crippen molar-refractivity contribution in [2.75, 3.05) is 6.61 Å². The van der Waals surface area contributed by atoms with Gasteiger partial charge in [-0.05, 0) is 31.2 Å². The van der Waals surface area contributed by atoms with Crippen LogP contribution in [0.4, 0.5) is 0 Å². The maximum absolute atomic E-state index is 12.4. The van der Waals surface area contributed by atoms with Crippen LogP contribution in [0.1, 0.15) is 24.8 Å². The molecule has 2 aliphatic rings. The summed E-state index contributed by atoms with van der Waals surface area (Å²) in [6.45, 7) is 0.524. The Morgan fingerprint density at radius 2 is 2.00 bits per heavy atom. The number of rotatable bonds is 5. The number of amides is 1. The highest BCUT2D eigenvalue weighted by Crippen LogP contribution is 2.23. The largest absolute Gasteiger partial charge is 0.370 e. The minimum absolute atomic E-state index is 0.304. The number of hydrogen-bond donors (Lipinski definition) is 1. The second-order valence-corrected chi connectivity index (χ2v) is 5.82. The van der Waals surface area contributed by atoms with Crippen molar-refractivity contribution in [3.8, 4) is 0 Å². The number of nitrogens with one attached hydrogen (secondary N) is 1. The van der Waals surface area contributed by atoms with E-state index in [-0.39, 0.29) is 11.6 Å². The maximum atomic E-state index is 12.4. The standard InChI is InChI=1S/C17H19NO4/c19-15-12(9-8-11-5-2-1-3-6-11)18-17(21)14(15)16(20)13-7-4-10-22-13/h1-3,5-6,12-14H,4,7-10H2,(H,18,21). The van der Waals surface area contributed by atoms with Crippen LogP contribution in [0.3, 0.4) is 0 Å². The van der Waals surface area contributed by atoms with Gasteiger partial charge in [-0.25, -0.2) is 0 Å². The van der Waals surface area contributed by atoms with Crippen LogP contribution in [0.5, 0.6) is 0 Å². The summed E-state index contributed by atoms with van der Waals surface area (Å²) in [5.74, 6) is -2.32. The summed E-state index contributed by atoms with van der Waals surface area (Å²) in [6, 6.07) is 9.21. The molecule has 0 saturated carbocycles. The van der Waals surface area contributed by atoms with E-state index in [1.54, 1.807) is 0 Å². The quantitative estimate of drug-likeness (QED) is 0.825. The third-order valence-corrected chi connectivity index (χ3v) is 4.30. The Morgan fingerprint density at radius 3 is 2.68 bits per heavy atom.